The van der Waals surface area contributed by atoms with Crippen molar-refractivity contribution in [3.8, 4) is 0 Å². The zero-order valence-electron chi connectivity index (χ0n) is 12.6. The SMILES string of the molecule is Cc1noc(C)c1CN(C)CC(=O)Nc1ccc(Cl)cc1Cl. The van der Waals surface area contributed by atoms with Gasteiger partial charge < -0.3 is 9.84 Å². The van der Waals surface area contributed by atoms with Crippen LogP contribution >= 0.6 is 23.2 Å². The second-order valence-corrected chi connectivity index (χ2v) is 5.99. The first-order chi connectivity index (χ1) is 10.4. The van der Waals surface area contributed by atoms with E-state index in [-0.39, 0.29) is 12.5 Å². The predicted octanol–water partition coefficient (Wildman–Crippen LogP) is 3.67. The maximum Gasteiger partial charge on any atom is 0.238 e. The summed E-state index contributed by atoms with van der Waals surface area (Å²) in [7, 11) is 1.86. The highest BCUT2D eigenvalue weighted by atomic mass is 35.5. The highest BCUT2D eigenvalue weighted by molar-refractivity contribution is 6.36. The Morgan fingerprint density at radius 3 is 2.68 bits per heavy atom. The Morgan fingerprint density at radius 2 is 2.09 bits per heavy atom. The van der Waals surface area contributed by atoms with E-state index < -0.39 is 0 Å². The third-order valence-electron chi connectivity index (χ3n) is 3.23. The molecule has 22 heavy (non-hydrogen) atoms. The van der Waals surface area contributed by atoms with E-state index in [1.165, 1.54) is 0 Å². The standard InChI is InChI=1S/C15H17Cl2N3O2/c1-9-12(10(2)22-19-9)7-20(3)8-15(21)18-14-5-4-11(16)6-13(14)17/h4-6H,7-8H2,1-3H3,(H,18,21). The van der Waals surface area contributed by atoms with E-state index in [0.717, 1.165) is 17.0 Å². The van der Waals surface area contributed by atoms with Crippen LogP contribution in [0.5, 0.6) is 0 Å². The molecule has 1 amide bonds. The fourth-order valence-electron chi connectivity index (χ4n) is 2.08. The number of carbonyl (C=O) groups is 1. The molecular formula is C15H17Cl2N3O2. The molecular weight excluding hydrogens is 325 g/mol. The molecule has 1 heterocycles. The monoisotopic (exact) mass is 341 g/mol. The van der Waals surface area contributed by atoms with Gasteiger partial charge in [0.25, 0.3) is 0 Å². The fourth-order valence-corrected chi connectivity index (χ4v) is 2.53. The van der Waals surface area contributed by atoms with E-state index in [1.54, 1.807) is 18.2 Å². The van der Waals surface area contributed by atoms with Gasteiger partial charge in [0.2, 0.25) is 5.91 Å². The minimum atomic E-state index is -0.154. The van der Waals surface area contributed by atoms with Crippen molar-refractivity contribution in [2.75, 3.05) is 18.9 Å². The van der Waals surface area contributed by atoms with Gasteiger partial charge in [-0.15, -0.1) is 0 Å². The van der Waals surface area contributed by atoms with E-state index in [9.17, 15) is 4.79 Å². The van der Waals surface area contributed by atoms with Crippen molar-refractivity contribution in [1.29, 1.82) is 0 Å². The number of aryl methyl sites for hydroxylation is 2. The number of carbonyl (C=O) groups excluding carboxylic acids is 1. The number of nitrogens with one attached hydrogen (secondary N) is 1. The summed E-state index contributed by atoms with van der Waals surface area (Å²) in [6, 6.07) is 4.94. The molecule has 0 aliphatic carbocycles. The van der Waals surface area contributed by atoms with Crippen molar-refractivity contribution < 1.29 is 9.32 Å². The normalized spacial score (nSPS) is 11.0. The molecule has 5 nitrogen and oxygen atoms in total. The molecule has 0 saturated carbocycles. The van der Waals surface area contributed by atoms with Crippen molar-refractivity contribution in [2.45, 2.75) is 20.4 Å². The first-order valence-corrected chi connectivity index (χ1v) is 7.47. The Hall–Kier alpha value is -1.56. The van der Waals surface area contributed by atoms with Crippen LogP contribution in [0.3, 0.4) is 0 Å². The fraction of sp³-hybridized carbons (Fsp3) is 0.333. The van der Waals surface area contributed by atoms with Crippen LogP contribution in [0.2, 0.25) is 10.0 Å². The van der Waals surface area contributed by atoms with Crippen molar-refractivity contribution in [3.63, 3.8) is 0 Å². The second kappa shape index (κ2) is 7.13. The average Bonchev–Trinajstić information content (AvgIpc) is 2.73. The van der Waals surface area contributed by atoms with Gasteiger partial charge in [0, 0.05) is 17.1 Å². The van der Waals surface area contributed by atoms with Gasteiger partial charge in [-0.05, 0) is 39.1 Å². The molecule has 0 saturated heterocycles. The quantitative estimate of drug-likeness (QED) is 0.901. The summed E-state index contributed by atoms with van der Waals surface area (Å²) in [5.41, 5.74) is 2.38. The van der Waals surface area contributed by atoms with Crippen molar-refractivity contribution in [1.82, 2.24) is 10.1 Å². The zero-order valence-corrected chi connectivity index (χ0v) is 14.1. The summed E-state index contributed by atoms with van der Waals surface area (Å²) in [4.78, 5) is 14.0. The Kier molecular flexibility index (Phi) is 5.45. The van der Waals surface area contributed by atoms with Crippen molar-refractivity contribution >= 4 is 34.8 Å². The molecule has 0 spiro atoms. The minimum Gasteiger partial charge on any atom is -0.361 e. The van der Waals surface area contributed by atoms with Crippen LogP contribution in [-0.2, 0) is 11.3 Å². The summed E-state index contributed by atoms with van der Waals surface area (Å²) in [6.45, 7) is 4.55. The zero-order chi connectivity index (χ0) is 16.3. The predicted molar refractivity (Wildman–Crippen MR) is 87.4 cm³/mol. The lowest BCUT2D eigenvalue weighted by Crippen LogP contribution is -2.30. The van der Waals surface area contributed by atoms with Crippen LogP contribution in [0.15, 0.2) is 22.7 Å². The van der Waals surface area contributed by atoms with Crippen LogP contribution in [0.25, 0.3) is 0 Å². The first-order valence-electron chi connectivity index (χ1n) is 6.72. The molecule has 2 rings (SSSR count). The maximum absolute atomic E-state index is 12.1. The van der Waals surface area contributed by atoms with Gasteiger partial charge in [-0.3, -0.25) is 9.69 Å². The molecule has 0 aliphatic heterocycles. The van der Waals surface area contributed by atoms with Gasteiger partial charge in [-0.2, -0.15) is 0 Å². The summed E-state index contributed by atoms with van der Waals surface area (Å²) >= 11 is 11.9. The van der Waals surface area contributed by atoms with E-state index in [1.807, 2.05) is 25.8 Å². The van der Waals surface area contributed by atoms with Gasteiger partial charge in [0.15, 0.2) is 0 Å². The summed E-state index contributed by atoms with van der Waals surface area (Å²) in [5.74, 6) is 0.615. The molecule has 7 heteroatoms. The third kappa shape index (κ3) is 4.22. The minimum absolute atomic E-state index is 0.154. The molecule has 0 unspecified atom stereocenters. The highest BCUT2D eigenvalue weighted by Gasteiger charge is 2.14. The van der Waals surface area contributed by atoms with E-state index >= 15 is 0 Å². The van der Waals surface area contributed by atoms with E-state index in [4.69, 9.17) is 27.7 Å². The maximum atomic E-state index is 12.1. The lowest BCUT2D eigenvalue weighted by atomic mass is 10.2. The molecule has 0 aliphatic rings. The van der Waals surface area contributed by atoms with E-state index in [0.29, 0.717) is 22.3 Å². The first kappa shape index (κ1) is 16.8. The molecule has 0 atom stereocenters. The lowest BCUT2D eigenvalue weighted by Gasteiger charge is -2.16. The number of hydrogen-bond donors (Lipinski definition) is 1. The number of aromatic nitrogens is 1. The van der Waals surface area contributed by atoms with Gasteiger partial charge in [0.05, 0.1) is 22.9 Å². The number of hydrogen-bond acceptors (Lipinski definition) is 4. The third-order valence-corrected chi connectivity index (χ3v) is 3.78. The molecule has 0 radical (unpaired) electrons. The molecule has 2 aromatic rings. The van der Waals surface area contributed by atoms with Crippen LogP contribution in [0.4, 0.5) is 5.69 Å². The highest BCUT2D eigenvalue weighted by Crippen LogP contribution is 2.25. The van der Waals surface area contributed by atoms with Gasteiger partial charge in [0.1, 0.15) is 5.76 Å². The summed E-state index contributed by atoms with van der Waals surface area (Å²) < 4.78 is 5.12. The molecule has 1 aromatic heterocycles. The average molecular weight is 342 g/mol. The number of halogens is 2. The number of likely N-dealkylation sites (N-methyl/N-ethyl adjacent to an activating group) is 1. The molecule has 0 bridgehead atoms. The van der Waals surface area contributed by atoms with E-state index in [2.05, 4.69) is 10.5 Å². The van der Waals surface area contributed by atoms with Crippen molar-refractivity contribution in [3.05, 3.63) is 45.3 Å². The number of benzene rings is 1. The summed E-state index contributed by atoms with van der Waals surface area (Å²) in [6.07, 6.45) is 0. The number of rotatable bonds is 5. The van der Waals surface area contributed by atoms with Crippen LogP contribution in [-0.4, -0.2) is 29.6 Å². The van der Waals surface area contributed by atoms with Gasteiger partial charge in [-0.25, -0.2) is 0 Å². The van der Waals surface area contributed by atoms with Crippen LogP contribution < -0.4 is 5.32 Å². The van der Waals surface area contributed by atoms with Gasteiger partial charge >= 0.3 is 0 Å². The topological polar surface area (TPSA) is 58.4 Å². The number of anilines is 1. The molecule has 118 valence electrons. The number of nitrogens with zero attached hydrogens (tertiary/aromatic N) is 2. The smallest absolute Gasteiger partial charge is 0.238 e. The van der Waals surface area contributed by atoms with Crippen molar-refractivity contribution in [2.24, 2.45) is 0 Å². The Morgan fingerprint density at radius 1 is 1.36 bits per heavy atom. The molecule has 1 N–H and O–H groups in total. The largest absolute Gasteiger partial charge is 0.361 e. The summed E-state index contributed by atoms with van der Waals surface area (Å²) in [5, 5.41) is 7.61. The molecule has 0 fully saturated rings. The van der Waals surface area contributed by atoms with Crippen LogP contribution in [0.1, 0.15) is 17.0 Å². The Bertz CT molecular complexity index is 666. The van der Waals surface area contributed by atoms with Gasteiger partial charge in [-0.1, -0.05) is 28.4 Å². The Labute approximate surface area is 139 Å². The number of amides is 1. The lowest BCUT2D eigenvalue weighted by molar-refractivity contribution is -0.117. The molecule has 1 aromatic carbocycles. The Balaban J connectivity index is 1.94. The second-order valence-electron chi connectivity index (χ2n) is 5.15. The van der Waals surface area contributed by atoms with Crippen LogP contribution in [0, 0.1) is 13.8 Å².